The van der Waals surface area contributed by atoms with Crippen molar-refractivity contribution in [3.8, 4) is 5.75 Å². The standard InChI is InChI=1S/C13H20N2O/c1-10-3-2-4-12(7-10)16-13-6-5-11(8-14)15-9-13/h5-6,9-10,12H,2-4,7-8,14H2,1H3. The van der Waals surface area contributed by atoms with Gasteiger partial charge in [-0.25, -0.2) is 0 Å². The maximum atomic E-state index is 5.92. The van der Waals surface area contributed by atoms with Gasteiger partial charge in [-0.15, -0.1) is 0 Å². The smallest absolute Gasteiger partial charge is 0.138 e. The van der Waals surface area contributed by atoms with Gasteiger partial charge in [-0.1, -0.05) is 13.3 Å². The number of aromatic nitrogens is 1. The molecule has 2 rings (SSSR count). The van der Waals surface area contributed by atoms with Crippen LogP contribution < -0.4 is 10.5 Å². The van der Waals surface area contributed by atoms with E-state index in [0.29, 0.717) is 12.6 Å². The molecule has 2 atom stereocenters. The van der Waals surface area contributed by atoms with Gasteiger partial charge in [0, 0.05) is 6.54 Å². The van der Waals surface area contributed by atoms with Crippen LogP contribution in [-0.2, 0) is 6.54 Å². The van der Waals surface area contributed by atoms with Crippen LogP contribution in [0.4, 0.5) is 0 Å². The van der Waals surface area contributed by atoms with Gasteiger partial charge in [-0.3, -0.25) is 4.98 Å². The van der Waals surface area contributed by atoms with E-state index in [0.717, 1.165) is 17.4 Å². The van der Waals surface area contributed by atoms with Crippen LogP contribution in [0.15, 0.2) is 18.3 Å². The number of hydrogen-bond donors (Lipinski definition) is 1. The quantitative estimate of drug-likeness (QED) is 0.851. The third kappa shape index (κ3) is 2.95. The molecule has 0 aromatic carbocycles. The molecule has 1 aromatic rings. The molecule has 2 unspecified atom stereocenters. The van der Waals surface area contributed by atoms with Crippen molar-refractivity contribution in [3.63, 3.8) is 0 Å². The fraction of sp³-hybridized carbons (Fsp3) is 0.615. The number of nitrogens with two attached hydrogens (primary N) is 1. The van der Waals surface area contributed by atoms with E-state index in [1.807, 2.05) is 12.1 Å². The average molecular weight is 220 g/mol. The van der Waals surface area contributed by atoms with E-state index in [-0.39, 0.29) is 0 Å². The molecule has 1 aromatic heterocycles. The minimum atomic E-state index is 0.370. The Morgan fingerprint density at radius 2 is 2.31 bits per heavy atom. The summed E-state index contributed by atoms with van der Waals surface area (Å²) < 4.78 is 5.92. The van der Waals surface area contributed by atoms with Gasteiger partial charge in [0.05, 0.1) is 18.0 Å². The highest BCUT2D eigenvalue weighted by molar-refractivity contribution is 5.20. The molecule has 1 fully saturated rings. The highest BCUT2D eigenvalue weighted by atomic mass is 16.5. The molecular formula is C13H20N2O. The summed E-state index contributed by atoms with van der Waals surface area (Å²) in [5.74, 6) is 1.66. The number of ether oxygens (including phenoxy) is 1. The van der Waals surface area contributed by atoms with Crippen LogP contribution >= 0.6 is 0 Å². The Kier molecular flexibility index (Phi) is 3.78. The van der Waals surface area contributed by atoms with Gasteiger partial charge >= 0.3 is 0 Å². The second-order valence-corrected chi connectivity index (χ2v) is 4.70. The van der Waals surface area contributed by atoms with Crippen molar-refractivity contribution in [1.82, 2.24) is 4.98 Å². The van der Waals surface area contributed by atoms with E-state index < -0.39 is 0 Å². The lowest BCUT2D eigenvalue weighted by Crippen LogP contribution is -2.24. The summed E-state index contributed by atoms with van der Waals surface area (Å²) in [5, 5.41) is 0. The average Bonchev–Trinajstić information content (AvgIpc) is 2.30. The van der Waals surface area contributed by atoms with E-state index in [1.165, 1.54) is 25.7 Å². The molecule has 16 heavy (non-hydrogen) atoms. The molecule has 1 heterocycles. The summed E-state index contributed by atoms with van der Waals surface area (Å²) in [5.41, 5.74) is 6.41. The zero-order chi connectivity index (χ0) is 11.4. The predicted molar refractivity (Wildman–Crippen MR) is 64.2 cm³/mol. The molecule has 0 bridgehead atoms. The summed E-state index contributed by atoms with van der Waals surface area (Å²) in [7, 11) is 0. The molecule has 0 aliphatic heterocycles. The molecule has 88 valence electrons. The summed E-state index contributed by atoms with van der Waals surface area (Å²) in [6.07, 6.45) is 7.10. The number of rotatable bonds is 3. The first-order valence-electron chi connectivity index (χ1n) is 6.09. The number of pyridine rings is 1. The first kappa shape index (κ1) is 11.4. The van der Waals surface area contributed by atoms with Crippen LogP contribution in [0.25, 0.3) is 0 Å². The van der Waals surface area contributed by atoms with Crippen molar-refractivity contribution in [1.29, 1.82) is 0 Å². The molecule has 3 nitrogen and oxygen atoms in total. The second kappa shape index (κ2) is 5.30. The molecule has 0 amide bonds. The van der Waals surface area contributed by atoms with Crippen molar-refractivity contribution >= 4 is 0 Å². The topological polar surface area (TPSA) is 48.1 Å². The molecule has 0 saturated heterocycles. The highest BCUT2D eigenvalue weighted by Gasteiger charge is 2.20. The maximum absolute atomic E-state index is 5.92. The van der Waals surface area contributed by atoms with Crippen molar-refractivity contribution in [2.45, 2.75) is 45.3 Å². The minimum absolute atomic E-state index is 0.370. The van der Waals surface area contributed by atoms with Crippen LogP contribution in [0, 0.1) is 5.92 Å². The van der Waals surface area contributed by atoms with Gasteiger partial charge in [-0.2, -0.15) is 0 Å². The lowest BCUT2D eigenvalue weighted by molar-refractivity contribution is 0.128. The van der Waals surface area contributed by atoms with Crippen LogP contribution in [0.3, 0.4) is 0 Å². The Balaban J connectivity index is 1.92. The van der Waals surface area contributed by atoms with Crippen LogP contribution in [-0.4, -0.2) is 11.1 Å². The fourth-order valence-corrected chi connectivity index (χ4v) is 2.28. The minimum Gasteiger partial charge on any atom is -0.489 e. The lowest BCUT2D eigenvalue weighted by atomic mass is 9.89. The molecular weight excluding hydrogens is 200 g/mol. The number of hydrogen-bond acceptors (Lipinski definition) is 3. The van der Waals surface area contributed by atoms with Gasteiger partial charge in [-0.05, 0) is 37.3 Å². The van der Waals surface area contributed by atoms with Crippen LogP contribution in [0.5, 0.6) is 5.75 Å². The van der Waals surface area contributed by atoms with Gasteiger partial charge in [0.2, 0.25) is 0 Å². The third-order valence-corrected chi connectivity index (χ3v) is 3.20. The highest BCUT2D eigenvalue weighted by Crippen LogP contribution is 2.27. The molecule has 1 aliphatic carbocycles. The van der Waals surface area contributed by atoms with Crippen molar-refractivity contribution < 1.29 is 4.74 Å². The van der Waals surface area contributed by atoms with Crippen molar-refractivity contribution in [3.05, 3.63) is 24.0 Å². The Labute approximate surface area is 97.0 Å². The van der Waals surface area contributed by atoms with Crippen LogP contribution in [0.2, 0.25) is 0 Å². The van der Waals surface area contributed by atoms with E-state index >= 15 is 0 Å². The number of nitrogens with zero attached hydrogens (tertiary/aromatic N) is 1. The Hall–Kier alpha value is -1.09. The van der Waals surface area contributed by atoms with E-state index in [4.69, 9.17) is 10.5 Å². The monoisotopic (exact) mass is 220 g/mol. The van der Waals surface area contributed by atoms with E-state index in [1.54, 1.807) is 6.20 Å². The van der Waals surface area contributed by atoms with Gasteiger partial charge in [0.25, 0.3) is 0 Å². The third-order valence-electron chi connectivity index (χ3n) is 3.20. The summed E-state index contributed by atoms with van der Waals surface area (Å²) >= 11 is 0. The summed E-state index contributed by atoms with van der Waals surface area (Å²) in [6.45, 7) is 2.78. The molecule has 2 N–H and O–H groups in total. The fourth-order valence-electron chi connectivity index (χ4n) is 2.28. The van der Waals surface area contributed by atoms with Gasteiger partial charge < -0.3 is 10.5 Å². The first-order valence-corrected chi connectivity index (χ1v) is 6.09. The SMILES string of the molecule is CC1CCCC(Oc2ccc(CN)nc2)C1. The zero-order valence-corrected chi connectivity index (χ0v) is 9.86. The molecule has 3 heteroatoms. The normalized spacial score (nSPS) is 25.4. The van der Waals surface area contributed by atoms with E-state index in [9.17, 15) is 0 Å². The van der Waals surface area contributed by atoms with E-state index in [2.05, 4.69) is 11.9 Å². The first-order chi connectivity index (χ1) is 7.78. The largest absolute Gasteiger partial charge is 0.489 e. The Morgan fingerprint density at radius 1 is 1.44 bits per heavy atom. The second-order valence-electron chi connectivity index (χ2n) is 4.70. The Morgan fingerprint density at radius 3 is 2.94 bits per heavy atom. The summed E-state index contributed by atoms with van der Waals surface area (Å²) in [4.78, 5) is 4.23. The molecule has 0 spiro atoms. The predicted octanol–water partition coefficient (Wildman–Crippen LogP) is 2.50. The zero-order valence-electron chi connectivity index (χ0n) is 9.86. The lowest BCUT2D eigenvalue weighted by Gasteiger charge is -2.27. The molecule has 0 radical (unpaired) electrons. The van der Waals surface area contributed by atoms with Crippen LogP contribution in [0.1, 0.15) is 38.3 Å². The molecule has 1 aliphatic rings. The molecule has 1 saturated carbocycles. The van der Waals surface area contributed by atoms with Crippen molar-refractivity contribution in [2.24, 2.45) is 11.7 Å². The van der Waals surface area contributed by atoms with Gasteiger partial charge in [0.1, 0.15) is 5.75 Å². The van der Waals surface area contributed by atoms with Crippen molar-refractivity contribution in [2.75, 3.05) is 0 Å². The Bertz CT molecular complexity index is 323. The summed E-state index contributed by atoms with van der Waals surface area (Å²) in [6, 6.07) is 3.90. The maximum Gasteiger partial charge on any atom is 0.138 e. The van der Waals surface area contributed by atoms with Gasteiger partial charge in [0.15, 0.2) is 0 Å².